The maximum absolute atomic E-state index is 12.3. The number of likely N-dealkylation sites (tertiary alicyclic amines) is 1. The molecule has 5 nitrogen and oxygen atoms in total. The molecule has 0 atom stereocenters. The number of fused-ring (bicyclic) bond motifs is 1. The van der Waals surface area contributed by atoms with Gasteiger partial charge in [0.1, 0.15) is 0 Å². The normalized spacial score (nSPS) is 16.4. The molecule has 22 heavy (non-hydrogen) atoms. The minimum absolute atomic E-state index is 0.141. The Balaban J connectivity index is 1.68. The first-order valence-electron chi connectivity index (χ1n) is 7.15. The van der Waals surface area contributed by atoms with E-state index < -0.39 is 0 Å². The van der Waals surface area contributed by atoms with Gasteiger partial charge in [0.15, 0.2) is 10.8 Å². The third-order valence-corrected chi connectivity index (χ3v) is 5.27. The molecule has 1 amide bonds. The molecule has 1 fully saturated rings. The second kappa shape index (κ2) is 6.64. The second-order valence-electron chi connectivity index (χ2n) is 5.53. The van der Waals surface area contributed by atoms with E-state index in [2.05, 4.69) is 17.1 Å². The molecule has 1 saturated heterocycles. The Bertz CT molecular complexity index is 697. The molecule has 3 rings (SSSR count). The first-order valence-corrected chi connectivity index (χ1v) is 8.89. The number of hydrogen-bond acceptors (Lipinski definition) is 4. The van der Waals surface area contributed by atoms with Crippen molar-refractivity contribution in [2.75, 3.05) is 18.8 Å². The van der Waals surface area contributed by atoms with Crippen LogP contribution in [0.4, 0.5) is 0 Å². The summed E-state index contributed by atoms with van der Waals surface area (Å²) in [5, 5.41) is 9.71. The van der Waals surface area contributed by atoms with Gasteiger partial charge in [-0.05, 0) is 24.8 Å². The van der Waals surface area contributed by atoms with E-state index in [1.807, 2.05) is 4.90 Å². The monoisotopic (exact) mass is 358 g/mol. The Morgan fingerprint density at radius 2 is 2.09 bits per heavy atom. The van der Waals surface area contributed by atoms with Gasteiger partial charge in [-0.1, -0.05) is 41.9 Å². The molecule has 0 spiro atoms. The average molecular weight is 359 g/mol. The van der Waals surface area contributed by atoms with E-state index in [0.717, 1.165) is 25.9 Å². The SMILES string of the molecule is CC1CCN(C(=O)CSc2nnc3c(Cl)cc(Cl)cn23)CC1. The van der Waals surface area contributed by atoms with Gasteiger partial charge in [-0.15, -0.1) is 10.2 Å². The van der Waals surface area contributed by atoms with Crippen LogP contribution < -0.4 is 0 Å². The summed E-state index contributed by atoms with van der Waals surface area (Å²) in [5.41, 5.74) is 0.549. The zero-order valence-electron chi connectivity index (χ0n) is 12.1. The van der Waals surface area contributed by atoms with Crippen LogP contribution in [0, 0.1) is 5.92 Å². The summed E-state index contributed by atoms with van der Waals surface area (Å²) in [6.45, 7) is 3.92. The number of thioether (sulfide) groups is 1. The first-order chi connectivity index (χ1) is 10.5. The van der Waals surface area contributed by atoms with Crippen LogP contribution in [0.3, 0.4) is 0 Å². The summed E-state index contributed by atoms with van der Waals surface area (Å²) in [5.74, 6) is 1.20. The summed E-state index contributed by atoms with van der Waals surface area (Å²) in [7, 11) is 0. The summed E-state index contributed by atoms with van der Waals surface area (Å²) in [4.78, 5) is 14.2. The molecule has 1 aliphatic rings. The number of piperidine rings is 1. The summed E-state index contributed by atoms with van der Waals surface area (Å²) < 4.78 is 1.72. The van der Waals surface area contributed by atoms with Crippen LogP contribution in [0.15, 0.2) is 17.4 Å². The van der Waals surface area contributed by atoms with Crippen molar-refractivity contribution in [2.45, 2.75) is 24.9 Å². The number of hydrogen-bond donors (Lipinski definition) is 0. The van der Waals surface area contributed by atoms with E-state index in [1.165, 1.54) is 11.8 Å². The summed E-state index contributed by atoms with van der Waals surface area (Å²) in [6.07, 6.45) is 3.86. The molecule has 0 aromatic carbocycles. The molecule has 3 heterocycles. The van der Waals surface area contributed by atoms with Crippen molar-refractivity contribution in [3.63, 3.8) is 0 Å². The van der Waals surface area contributed by atoms with Gasteiger partial charge in [-0.3, -0.25) is 9.20 Å². The van der Waals surface area contributed by atoms with E-state index >= 15 is 0 Å². The Morgan fingerprint density at radius 3 is 2.82 bits per heavy atom. The molecule has 2 aromatic rings. The van der Waals surface area contributed by atoms with Gasteiger partial charge >= 0.3 is 0 Å². The number of carbonyl (C=O) groups excluding carboxylic acids is 1. The molecule has 1 aliphatic heterocycles. The third kappa shape index (κ3) is 3.34. The largest absolute Gasteiger partial charge is 0.342 e. The number of halogens is 2. The van der Waals surface area contributed by atoms with Crippen LogP contribution in [0.25, 0.3) is 5.65 Å². The van der Waals surface area contributed by atoms with Crippen molar-refractivity contribution in [1.82, 2.24) is 19.5 Å². The highest BCUT2D eigenvalue weighted by atomic mass is 35.5. The number of rotatable bonds is 3. The van der Waals surface area contributed by atoms with E-state index in [4.69, 9.17) is 23.2 Å². The maximum Gasteiger partial charge on any atom is 0.233 e. The van der Waals surface area contributed by atoms with E-state index in [1.54, 1.807) is 16.7 Å². The van der Waals surface area contributed by atoms with Crippen molar-refractivity contribution in [3.8, 4) is 0 Å². The van der Waals surface area contributed by atoms with Crippen molar-refractivity contribution in [1.29, 1.82) is 0 Å². The Morgan fingerprint density at radius 1 is 1.36 bits per heavy atom. The predicted molar refractivity (Wildman–Crippen MR) is 88.7 cm³/mol. The van der Waals surface area contributed by atoms with Crippen molar-refractivity contribution >= 4 is 46.5 Å². The molecule has 8 heteroatoms. The Hall–Kier alpha value is -0.980. The zero-order chi connectivity index (χ0) is 15.7. The van der Waals surface area contributed by atoms with Crippen LogP contribution in [0.2, 0.25) is 10.0 Å². The third-order valence-electron chi connectivity index (χ3n) is 3.86. The Labute approximate surface area is 143 Å². The quantitative estimate of drug-likeness (QED) is 0.789. The van der Waals surface area contributed by atoms with Crippen molar-refractivity contribution < 1.29 is 4.79 Å². The van der Waals surface area contributed by atoms with Gasteiger partial charge in [0.05, 0.1) is 15.8 Å². The minimum Gasteiger partial charge on any atom is -0.342 e. The van der Waals surface area contributed by atoms with Crippen molar-refractivity contribution in [3.05, 3.63) is 22.3 Å². The molecular formula is C14H16Cl2N4OS. The van der Waals surface area contributed by atoms with Gasteiger partial charge in [0.25, 0.3) is 0 Å². The average Bonchev–Trinajstić information content (AvgIpc) is 2.89. The first kappa shape index (κ1) is 15.9. The van der Waals surface area contributed by atoms with Gasteiger partial charge in [0.2, 0.25) is 5.91 Å². The van der Waals surface area contributed by atoms with E-state index in [0.29, 0.717) is 32.5 Å². The molecule has 0 radical (unpaired) electrons. The maximum atomic E-state index is 12.3. The number of amides is 1. The number of pyridine rings is 1. The summed E-state index contributed by atoms with van der Waals surface area (Å²) >= 11 is 13.4. The lowest BCUT2D eigenvalue weighted by atomic mass is 9.99. The van der Waals surface area contributed by atoms with Crippen molar-refractivity contribution in [2.24, 2.45) is 5.92 Å². The lowest BCUT2D eigenvalue weighted by Crippen LogP contribution is -2.38. The standard InChI is InChI=1S/C14H16Cl2N4OS/c1-9-2-4-19(5-3-9)12(21)8-22-14-18-17-13-11(16)6-10(15)7-20(13)14/h6-7,9H,2-5,8H2,1H3. The van der Waals surface area contributed by atoms with Gasteiger partial charge < -0.3 is 4.90 Å². The topological polar surface area (TPSA) is 50.5 Å². The fourth-order valence-corrected chi connectivity index (χ4v) is 3.80. The van der Waals surface area contributed by atoms with Crippen LogP contribution in [0.5, 0.6) is 0 Å². The zero-order valence-corrected chi connectivity index (χ0v) is 14.5. The van der Waals surface area contributed by atoms with E-state index in [-0.39, 0.29) is 5.91 Å². The lowest BCUT2D eigenvalue weighted by Gasteiger charge is -2.30. The highest BCUT2D eigenvalue weighted by molar-refractivity contribution is 7.99. The molecular weight excluding hydrogens is 343 g/mol. The van der Waals surface area contributed by atoms with Crippen LogP contribution in [-0.4, -0.2) is 44.2 Å². The summed E-state index contributed by atoms with van der Waals surface area (Å²) in [6, 6.07) is 1.63. The highest BCUT2D eigenvalue weighted by Crippen LogP contribution is 2.25. The minimum atomic E-state index is 0.141. The Kier molecular flexibility index (Phi) is 4.80. The van der Waals surface area contributed by atoms with Crippen LogP contribution >= 0.6 is 35.0 Å². The number of carbonyl (C=O) groups is 1. The highest BCUT2D eigenvalue weighted by Gasteiger charge is 2.21. The number of nitrogens with zero attached hydrogens (tertiary/aromatic N) is 4. The van der Waals surface area contributed by atoms with E-state index in [9.17, 15) is 4.79 Å². The smallest absolute Gasteiger partial charge is 0.233 e. The fraction of sp³-hybridized carbons (Fsp3) is 0.500. The molecule has 0 bridgehead atoms. The van der Waals surface area contributed by atoms with Crippen LogP contribution in [0.1, 0.15) is 19.8 Å². The second-order valence-corrected chi connectivity index (χ2v) is 7.32. The molecule has 0 N–H and O–H groups in total. The number of aromatic nitrogens is 3. The molecule has 118 valence electrons. The molecule has 2 aromatic heterocycles. The lowest BCUT2D eigenvalue weighted by molar-refractivity contribution is -0.129. The van der Waals surface area contributed by atoms with Gasteiger partial charge in [0, 0.05) is 19.3 Å². The van der Waals surface area contributed by atoms with Gasteiger partial charge in [-0.2, -0.15) is 0 Å². The van der Waals surface area contributed by atoms with Gasteiger partial charge in [-0.25, -0.2) is 0 Å². The predicted octanol–water partition coefficient (Wildman–Crippen LogP) is 3.39. The molecule has 0 saturated carbocycles. The van der Waals surface area contributed by atoms with Crippen LogP contribution in [-0.2, 0) is 4.79 Å². The molecule has 0 unspecified atom stereocenters. The fourth-order valence-electron chi connectivity index (χ4n) is 2.48. The molecule has 0 aliphatic carbocycles.